The normalized spacial score (nSPS) is 47.4. The first-order valence-electron chi connectivity index (χ1n) is 11.5. The molecule has 172 valence electrons. The number of rotatable bonds is 4. The van der Waals surface area contributed by atoms with Crippen LogP contribution in [0.25, 0.3) is 0 Å². The van der Waals surface area contributed by atoms with Gasteiger partial charge in [0.05, 0.1) is 12.7 Å². The van der Waals surface area contributed by atoms with E-state index in [0.717, 1.165) is 0 Å². The van der Waals surface area contributed by atoms with Crippen LogP contribution in [0, 0.1) is 34.5 Å². The maximum absolute atomic E-state index is 13.0. The summed E-state index contributed by atoms with van der Waals surface area (Å²) in [5.41, 5.74) is -2.63. The minimum absolute atomic E-state index is 0.0749. The maximum Gasteiger partial charge on any atom is 0.306 e. The van der Waals surface area contributed by atoms with Crippen LogP contribution in [0.15, 0.2) is 23.3 Å². The van der Waals surface area contributed by atoms with Gasteiger partial charge in [-0.05, 0) is 41.7 Å². The predicted octanol–water partition coefficient (Wildman–Crippen LogP) is 2.56. The zero-order valence-corrected chi connectivity index (χ0v) is 19.4. The number of Topliss-reactive ketones (excluding diaryl/α,β-unsaturated/α-hetero) is 1. The number of fused-ring (bicyclic) bond motifs is 5. The maximum atomic E-state index is 13.0. The van der Waals surface area contributed by atoms with Crippen LogP contribution in [0.1, 0.15) is 60.8 Å². The molecule has 4 aliphatic carbocycles. The Morgan fingerprint density at radius 1 is 1.26 bits per heavy atom. The first kappa shape index (κ1) is 22.7. The molecule has 4 rings (SSSR count). The molecule has 4 aliphatic rings. The second kappa shape index (κ2) is 6.75. The minimum atomic E-state index is -1.63. The van der Waals surface area contributed by atoms with E-state index < -0.39 is 34.1 Å². The van der Waals surface area contributed by atoms with E-state index in [4.69, 9.17) is 4.74 Å². The SMILES string of the molecule is CCCC(=O)O[C@]12C([C@@H]3C=C(CO)C[C@]4(O)C(=O)C(C)=CC4[C@@]3(C)[C@H](C)[C@H]1O)C2(C)C. The fourth-order valence-electron chi connectivity index (χ4n) is 7.52. The van der Waals surface area contributed by atoms with Gasteiger partial charge in [-0.1, -0.05) is 46.8 Å². The molecular formula is C25H36O6. The lowest BCUT2D eigenvalue weighted by Crippen LogP contribution is -2.60. The Hall–Kier alpha value is -1.50. The van der Waals surface area contributed by atoms with Crippen molar-refractivity contribution in [3.8, 4) is 0 Å². The summed E-state index contributed by atoms with van der Waals surface area (Å²) in [5.74, 6) is -1.82. The van der Waals surface area contributed by atoms with Gasteiger partial charge in [0.15, 0.2) is 5.78 Å². The summed E-state index contributed by atoms with van der Waals surface area (Å²) in [7, 11) is 0. The van der Waals surface area contributed by atoms with Crippen LogP contribution in [-0.2, 0) is 14.3 Å². The number of allylic oxidation sites excluding steroid dienone is 1. The van der Waals surface area contributed by atoms with Gasteiger partial charge in [0, 0.05) is 30.1 Å². The lowest BCUT2D eigenvalue weighted by Gasteiger charge is -2.54. The highest BCUT2D eigenvalue weighted by molar-refractivity contribution is 6.04. The average molecular weight is 433 g/mol. The predicted molar refractivity (Wildman–Crippen MR) is 115 cm³/mol. The van der Waals surface area contributed by atoms with Crippen molar-refractivity contribution in [2.24, 2.45) is 34.5 Å². The van der Waals surface area contributed by atoms with Crippen molar-refractivity contribution in [3.05, 3.63) is 23.3 Å². The highest BCUT2D eigenvalue weighted by Crippen LogP contribution is 2.78. The zero-order chi connectivity index (χ0) is 23.1. The lowest BCUT2D eigenvalue weighted by molar-refractivity contribution is -0.191. The second-order valence-corrected chi connectivity index (χ2v) is 11.1. The quantitative estimate of drug-likeness (QED) is 0.466. The molecule has 2 fully saturated rings. The van der Waals surface area contributed by atoms with Crippen molar-refractivity contribution in [1.82, 2.24) is 0 Å². The Morgan fingerprint density at radius 2 is 1.90 bits per heavy atom. The van der Waals surface area contributed by atoms with Crippen LogP contribution in [-0.4, -0.2) is 51.0 Å². The fraction of sp³-hybridized carbons (Fsp3) is 0.760. The van der Waals surface area contributed by atoms with Gasteiger partial charge in [0.25, 0.3) is 0 Å². The van der Waals surface area contributed by atoms with E-state index in [0.29, 0.717) is 24.0 Å². The zero-order valence-electron chi connectivity index (χ0n) is 19.4. The topological polar surface area (TPSA) is 104 Å². The molecule has 0 amide bonds. The number of esters is 1. The fourth-order valence-corrected chi connectivity index (χ4v) is 7.52. The van der Waals surface area contributed by atoms with Gasteiger partial charge in [-0.15, -0.1) is 0 Å². The molecule has 0 spiro atoms. The monoisotopic (exact) mass is 432 g/mol. The number of ketones is 1. The van der Waals surface area contributed by atoms with E-state index in [1.54, 1.807) is 6.92 Å². The lowest BCUT2D eigenvalue weighted by atomic mass is 9.52. The number of aliphatic hydroxyl groups excluding tert-OH is 2. The Bertz CT molecular complexity index is 886. The Labute approximate surface area is 184 Å². The minimum Gasteiger partial charge on any atom is -0.455 e. The van der Waals surface area contributed by atoms with Crippen molar-refractivity contribution in [2.75, 3.05) is 6.61 Å². The van der Waals surface area contributed by atoms with Crippen LogP contribution in [0.2, 0.25) is 0 Å². The highest BCUT2D eigenvalue weighted by atomic mass is 16.6. The Balaban J connectivity index is 1.88. The largest absolute Gasteiger partial charge is 0.455 e. The number of ether oxygens (including phenoxy) is 1. The molecule has 2 unspecified atom stereocenters. The summed E-state index contributed by atoms with van der Waals surface area (Å²) in [4.78, 5) is 25.6. The molecule has 6 heteroatoms. The molecule has 0 aromatic carbocycles. The first-order chi connectivity index (χ1) is 14.3. The number of carbonyl (C=O) groups is 2. The van der Waals surface area contributed by atoms with Gasteiger partial charge in [-0.2, -0.15) is 0 Å². The van der Waals surface area contributed by atoms with Gasteiger partial charge in [-0.25, -0.2) is 0 Å². The smallest absolute Gasteiger partial charge is 0.306 e. The Kier molecular flexibility index (Phi) is 4.94. The molecule has 31 heavy (non-hydrogen) atoms. The molecule has 0 saturated heterocycles. The molecule has 6 nitrogen and oxygen atoms in total. The van der Waals surface area contributed by atoms with Crippen molar-refractivity contribution in [1.29, 1.82) is 0 Å². The van der Waals surface area contributed by atoms with E-state index in [2.05, 4.69) is 0 Å². The van der Waals surface area contributed by atoms with Crippen LogP contribution < -0.4 is 0 Å². The van der Waals surface area contributed by atoms with Crippen molar-refractivity contribution in [3.63, 3.8) is 0 Å². The van der Waals surface area contributed by atoms with Gasteiger partial charge in [0.2, 0.25) is 0 Å². The summed E-state index contributed by atoms with van der Waals surface area (Å²) in [6, 6.07) is 0. The summed E-state index contributed by atoms with van der Waals surface area (Å²) in [5, 5.41) is 33.3. The third-order valence-corrected chi connectivity index (χ3v) is 9.34. The van der Waals surface area contributed by atoms with Crippen molar-refractivity contribution < 1.29 is 29.6 Å². The van der Waals surface area contributed by atoms with Crippen molar-refractivity contribution >= 4 is 11.8 Å². The summed E-state index contributed by atoms with van der Waals surface area (Å²) in [6.45, 7) is 11.4. The molecule has 8 atom stereocenters. The van der Waals surface area contributed by atoms with Crippen LogP contribution in [0.4, 0.5) is 0 Å². The highest BCUT2D eigenvalue weighted by Gasteiger charge is 2.85. The number of hydrogen-bond acceptors (Lipinski definition) is 6. The van der Waals surface area contributed by atoms with Crippen LogP contribution in [0.3, 0.4) is 0 Å². The second-order valence-electron chi connectivity index (χ2n) is 11.1. The molecule has 3 N–H and O–H groups in total. The third-order valence-electron chi connectivity index (χ3n) is 9.34. The molecule has 2 saturated carbocycles. The first-order valence-corrected chi connectivity index (χ1v) is 11.5. The molecule has 0 heterocycles. The van der Waals surface area contributed by atoms with Gasteiger partial charge >= 0.3 is 5.97 Å². The van der Waals surface area contributed by atoms with Crippen LogP contribution in [0.5, 0.6) is 0 Å². The molecular weight excluding hydrogens is 396 g/mol. The van der Waals surface area contributed by atoms with E-state index in [1.165, 1.54) is 0 Å². The molecule has 0 aliphatic heterocycles. The molecule has 0 bridgehead atoms. The number of aliphatic hydroxyl groups is 3. The number of hydrogen-bond donors (Lipinski definition) is 3. The van der Waals surface area contributed by atoms with Crippen molar-refractivity contribution in [2.45, 2.75) is 78.1 Å². The Morgan fingerprint density at radius 3 is 2.48 bits per heavy atom. The van der Waals surface area contributed by atoms with Gasteiger partial charge in [-0.3, -0.25) is 9.59 Å². The van der Waals surface area contributed by atoms with Gasteiger partial charge in [0.1, 0.15) is 11.2 Å². The van der Waals surface area contributed by atoms with Gasteiger partial charge < -0.3 is 20.1 Å². The standard InChI is InChI=1S/C25H36O6/c1-7-8-18(27)31-25-19(22(25,4)5)16-10-15(12-26)11-24(30)17(9-13(2)20(24)28)23(16,6)14(3)21(25)29/h9-10,14,16-17,19,21,26,29-30H,7-8,11-12H2,1-6H3/t14-,16+,17?,19?,21-,23+,24-,25-/m1/s1. The van der Waals surface area contributed by atoms with E-state index in [1.807, 2.05) is 46.8 Å². The number of carbonyl (C=O) groups excluding carboxylic acids is 2. The molecule has 0 aromatic heterocycles. The van der Waals surface area contributed by atoms with E-state index in [-0.39, 0.29) is 42.5 Å². The molecule has 0 radical (unpaired) electrons. The summed E-state index contributed by atoms with van der Waals surface area (Å²) in [6.07, 6.45) is 3.97. The van der Waals surface area contributed by atoms with Crippen LogP contribution >= 0.6 is 0 Å². The average Bonchev–Trinajstić information content (AvgIpc) is 3.13. The van der Waals surface area contributed by atoms with E-state index >= 15 is 0 Å². The van der Waals surface area contributed by atoms with E-state index in [9.17, 15) is 24.9 Å². The third kappa shape index (κ3) is 2.56. The summed E-state index contributed by atoms with van der Waals surface area (Å²) < 4.78 is 6.05. The summed E-state index contributed by atoms with van der Waals surface area (Å²) >= 11 is 0. The molecule has 0 aromatic rings.